The minimum atomic E-state index is -4.89. The van der Waals surface area contributed by atoms with Crippen LogP contribution in [0.5, 0.6) is 5.75 Å². The Balaban J connectivity index is 1.28. The van der Waals surface area contributed by atoms with E-state index in [9.17, 15) is 26.8 Å². The molecule has 4 aliphatic heterocycles. The molecular weight excluding hydrogens is 640 g/mol. The highest BCUT2D eigenvalue weighted by molar-refractivity contribution is 7.85. The van der Waals surface area contributed by atoms with Crippen LogP contribution in [0.3, 0.4) is 0 Å². The number of halogens is 2. The van der Waals surface area contributed by atoms with E-state index in [0.29, 0.717) is 29.9 Å². The van der Waals surface area contributed by atoms with Gasteiger partial charge in [-0.3, -0.25) is 9.80 Å². The Morgan fingerprint density at radius 2 is 1.51 bits per heavy atom. The molecule has 17 heteroatoms. The summed E-state index contributed by atoms with van der Waals surface area (Å²) >= 11 is 0. The summed E-state index contributed by atoms with van der Waals surface area (Å²) in [4.78, 5) is 28.3. The number of fused-ring (bicyclic) bond motifs is 6. The van der Waals surface area contributed by atoms with E-state index in [0.717, 1.165) is 29.4 Å². The normalized spacial score (nSPS) is 25.4. The summed E-state index contributed by atoms with van der Waals surface area (Å²) in [5.41, 5.74) is 0.206. The summed E-state index contributed by atoms with van der Waals surface area (Å²) in [6.07, 6.45) is -2.38. The summed E-state index contributed by atoms with van der Waals surface area (Å²) in [5, 5.41) is 16.1. The molecule has 2 fully saturated rings. The molecule has 2 amide bonds. The number of ether oxygens (including phenoxy) is 2. The average Bonchev–Trinajstić information content (AvgIpc) is 3.77. The lowest BCUT2D eigenvalue weighted by atomic mass is 9.89. The molecule has 7 rings (SSSR count). The van der Waals surface area contributed by atoms with E-state index in [1.165, 1.54) is 19.1 Å². The molecule has 0 spiro atoms. The molecule has 4 aliphatic rings. The molecule has 2 saturated heterocycles. The van der Waals surface area contributed by atoms with E-state index < -0.39 is 63.3 Å². The minimum absolute atomic E-state index is 0.0487. The number of rotatable bonds is 6. The van der Waals surface area contributed by atoms with E-state index in [4.69, 9.17) is 18.8 Å². The Hall–Kier alpha value is -5.03. The van der Waals surface area contributed by atoms with Crippen molar-refractivity contribution in [2.24, 2.45) is 10.2 Å². The number of nitrogens with zero attached hydrogens (tertiary/aromatic N) is 4. The summed E-state index contributed by atoms with van der Waals surface area (Å²) in [6, 6.07) is 15.3. The number of benzene rings is 3. The van der Waals surface area contributed by atoms with Crippen molar-refractivity contribution >= 4 is 39.6 Å². The van der Waals surface area contributed by atoms with Gasteiger partial charge in [0.1, 0.15) is 29.1 Å². The van der Waals surface area contributed by atoms with Gasteiger partial charge in [0.25, 0.3) is 0 Å². The number of carbonyl (C=O) groups is 2. The predicted molar refractivity (Wildman–Crippen MR) is 162 cm³/mol. The van der Waals surface area contributed by atoms with Gasteiger partial charge < -0.3 is 24.3 Å². The quantitative estimate of drug-likeness (QED) is 0.321. The fourth-order valence-electron chi connectivity index (χ4n) is 7.03. The topological polar surface area (TPSA) is 163 Å². The van der Waals surface area contributed by atoms with Crippen molar-refractivity contribution in [2.45, 2.75) is 36.3 Å². The second-order valence-electron chi connectivity index (χ2n) is 11.5. The third-order valence-electron chi connectivity index (χ3n) is 9.09. The van der Waals surface area contributed by atoms with Gasteiger partial charge >= 0.3 is 22.5 Å². The molecule has 3 aromatic carbocycles. The highest BCUT2D eigenvalue weighted by Gasteiger charge is 2.59. The van der Waals surface area contributed by atoms with Gasteiger partial charge in [0.15, 0.2) is 11.6 Å². The molecule has 47 heavy (non-hydrogen) atoms. The lowest BCUT2D eigenvalue weighted by Gasteiger charge is -2.32. The molecule has 14 nitrogen and oxygen atoms in total. The van der Waals surface area contributed by atoms with Gasteiger partial charge in [-0.25, -0.2) is 18.4 Å². The minimum Gasteiger partial charge on any atom is -0.453 e. The molecule has 4 heterocycles. The van der Waals surface area contributed by atoms with Crippen LogP contribution in [0.25, 0.3) is 0 Å². The van der Waals surface area contributed by atoms with Crippen LogP contribution in [-0.4, -0.2) is 70.0 Å². The van der Waals surface area contributed by atoms with Gasteiger partial charge in [0.05, 0.1) is 19.9 Å². The fraction of sp³-hybridized carbons (Fsp3) is 0.333. The van der Waals surface area contributed by atoms with Crippen molar-refractivity contribution in [1.82, 2.24) is 14.5 Å². The van der Waals surface area contributed by atoms with Gasteiger partial charge in [-0.2, -0.15) is 23.4 Å². The largest absolute Gasteiger partial charge is 0.453 e. The highest BCUT2D eigenvalue weighted by Crippen LogP contribution is 2.53. The molecule has 0 radical (unpaired) electrons. The summed E-state index contributed by atoms with van der Waals surface area (Å²) < 4.78 is 72.8. The first-order valence-electron chi connectivity index (χ1n) is 14.6. The number of likely N-dealkylation sites (tertiary alicyclic amines) is 2. The van der Waals surface area contributed by atoms with Crippen molar-refractivity contribution in [2.75, 3.05) is 37.9 Å². The maximum Gasteiger partial charge on any atom is 0.411 e. The number of nitrogens with one attached hydrogen (secondary N) is 3. The first-order chi connectivity index (χ1) is 22.5. The number of hydrogen-bond acceptors (Lipinski definition) is 11. The van der Waals surface area contributed by atoms with Crippen LogP contribution in [0.4, 0.5) is 35.4 Å². The number of azo groups is 1. The zero-order valence-corrected chi connectivity index (χ0v) is 25.9. The summed E-state index contributed by atoms with van der Waals surface area (Å²) in [7, 11) is -2.38. The Kier molecular flexibility index (Phi) is 7.20. The van der Waals surface area contributed by atoms with Crippen LogP contribution in [0.1, 0.15) is 24.0 Å². The Morgan fingerprint density at radius 3 is 2.23 bits per heavy atom. The molecule has 0 saturated carbocycles. The van der Waals surface area contributed by atoms with Crippen molar-refractivity contribution in [3.05, 3.63) is 83.4 Å². The van der Waals surface area contributed by atoms with Gasteiger partial charge in [-0.15, -0.1) is 0 Å². The number of para-hydroxylation sites is 3. The molecule has 4 atom stereocenters. The van der Waals surface area contributed by atoms with Crippen molar-refractivity contribution in [3.63, 3.8) is 0 Å². The van der Waals surface area contributed by atoms with Crippen molar-refractivity contribution in [1.29, 1.82) is 0 Å². The zero-order valence-electron chi connectivity index (χ0n) is 25.1. The van der Waals surface area contributed by atoms with Gasteiger partial charge in [0.2, 0.25) is 5.75 Å². The van der Waals surface area contributed by atoms with Gasteiger partial charge in [-0.05, 0) is 30.7 Å². The lowest BCUT2D eigenvalue weighted by molar-refractivity contribution is 0.116. The van der Waals surface area contributed by atoms with Crippen LogP contribution < -0.4 is 19.5 Å². The second kappa shape index (κ2) is 11.0. The van der Waals surface area contributed by atoms with E-state index in [1.807, 2.05) is 24.3 Å². The van der Waals surface area contributed by atoms with E-state index in [2.05, 4.69) is 20.5 Å². The fourth-order valence-corrected chi connectivity index (χ4v) is 8.22. The predicted octanol–water partition coefficient (Wildman–Crippen LogP) is 4.50. The third kappa shape index (κ3) is 4.71. The van der Waals surface area contributed by atoms with E-state index in [-0.39, 0.29) is 13.0 Å². The first kappa shape index (κ1) is 30.6. The van der Waals surface area contributed by atoms with Crippen molar-refractivity contribution in [3.8, 4) is 5.75 Å². The molecule has 0 aromatic heterocycles. The second-order valence-corrected chi connectivity index (χ2v) is 12.7. The molecular formula is C30H29F2N7O7S. The molecule has 3 aromatic rings. The van der Waals surface area contributed by atoms with E-state index >= 15 is 0 Å². The summed E-state index contributed by atoms with van der Waals surface area (Å²) in [5.74, 6) is -3.52. The molecule has 2 unspecified atom stereocenters. The lowest BCUT2D eigenvalue weighted by Crippen LogP contribution is -2.55. The third-order valence-corrected chi connectivity index (χ3v) is 10.1. The Labute approximate surface area is 267 Å². The van der Waals surface area contributed by atoms with Crippen molar-refractivity contribution < 1.29 is 40.4 Å². The average molecular weight is 670 g/mol. The van der Waals surface area contributed by atoms with Crippen LogP contribution in [0, 0.1) is 11.6 Å². The van der Waals surface area contributed by atoms with Crippen LogP contribution in [0.2, 0.25) is 0 Å². The van der Waals surface area contributed by atoms with Gasteiger partial charge in [-0.1, -0.05) is 36.4 Å². The SMILES string of the molecule is COC(=O)N1CC[C@]2(N=Nc3cccc4c3NC3N(C(=O)OC)CC[C@]43NS(=O)(=O)Oc3c(F)cccc3F)c3ccccc3NC12. The maximum atomic E-state index is 14.4. The number of methoxy groups -OCH3 is 2. The molecule has 0 bridgehead atoms. The Bertz CT molecular complexity index is 1910. The Morgan fingerprint density at radius 1 is 0.872 bits per heavy atom. The zero-order chi connectivity index (χ0) is 33.1. The number of amides is 2. The summed E-state index contributed by atoms with van der Waals surface area (Å²) in [6.45, 7) is 0.426. The van der Waals surface area contributed by atoms with Gasteiger partial charge in [0, 0.05) is 36.3 Å². The smallest absolute Gasteiger partial charge is 0.411 e. The maximum absolute atomic E-state index is 14.4. The number of anilines is 2. The highest BCUT2D eigenvalue weighted by atomic mass is 32.2. The molecule has 246 valence electrons. The number of hydrogen-bond donors (Lipinski definition) is 3. The van der Waals surface area contributed by atoms with Crippen LogP contribution >= 0.6 is 0 Å². The monoisotopic (exact) mass is 669 g/mol. The molecule has 3 N–H and O–H groups in total. The van der Waals surface area contributed by atoms with Crippen LogP contribution in [0.15, 0.2) is 70.9 Å². The standard InChI is InChI=1S/C30H29F2N7O7S/c1-44-27(40)38-15-13-29(17-7-3-4-11-21(17)33-25(29)38)36-35-22-12-5-8-18-23(22)34-26-30(18,14-16-39(26)28(41)45-2)37-47(42,43)46-24-19(31)9-6-10-20(24)32/h3-12,25-26,33-34,37H,13-16H2,1-2H3/t25?,26?,29-,30-/m0/s1. The van der Waals surface area contributed by atoms with Crippen LogP contribution in [-0.2, 0) is 30.9 Å². The molecule has 0 aliphatic carbocycles. The first-order valence-corrected chi connectivity index (χ1v) is 16.0. The van der Waals surface area contributed by atoms with E-state index in [1.54, 1.807) is 23.1 Å². The number of carbonyl (C=O) groups excluding carboxylic acids is 2.